The van der Waals surface area contributed by atoms with E-state index in [9.17, 15) is 0 Å². The highest BCUT2D eigenvalue weighted by Gasteiger charge is 2.35. The summed E-state index contributed by atoms with van der Waals surface area (Å²) in [7, 11) is -1.28. The molecule has 10 heteroatoms. The molecule has 0 unspecified atom stereocenters. The quantitative estimate of drug-likeness (QED) is 0.293. The third-order valence-corrected chi connectivity index (χ3v) is 7.53. The molecule has 3 heterocycles. The van der Waals surface area contributed by atoms with Gasteiger partial charge in [-0.05, 0) is 66.1 Å². The maximum absolute atomic E-state index is 6.03. The fourth-order valence-electron chi connectivity index (χ4n) is 5.41. The second-order valence-electron chi connectivity index (χ2n) is 10.2. The lowest BCUT2D eigenvalue weighted by atomic mass is 9.79. The Morgan fingerprint density at radius 1 is 0.381 bits per heavy atom. The van der Waals surface area contributed by atoms with Crippen LogP contribution in [0, 0.1) is 0 Å². The van der Waals surface area contributed by atoms with Gasteiger partial charge in [0.05, 0.1) is 13.2 Å². The monoisotopic (exact) mass is 551 g/mol. The lowest BCUT2D eigenvalue weighted by molar-refractivity contribution is 0.365. The predicted molar refractivity (Wildman–Crippen MR) is 165 cm³/mol. The van der Waals surface area contributed by atoms with E-state index in [0.717, 1.165) is 56.4 Å². The smallest absolute Gasteiger partial charge is 0.519 e. The van der Waals surface area contributed by atoms with Crippen LogP contribution >= 0.6 is 0 Å². The first kappa shape index (κ1) is 25.0. The van der Waals surface area contributed by atoms with E-state index in [4.69, 9.17) is 27.9 Å². The maximum Gasteiger partial charge on any atom is 0.632 e. The summed E-state index contributed by atoms with van der Waals surface area (Å²) in [6.45, 7) is 1.21. The number of para-hydroxylation sites is 4. The van der Waals surface area contributed by atoms with Crippen molar-refractivity contribution >= 4 is 54.8 Å². The number of rotatable bonds is 6. The number of hydrogen-bond acceptors (Lipinski definition) is 7. The van der Waals surface area contributed by atoms with Gasteiger partial charge < -0.3 is 32.8 Å². The minimum absolute atomic E-state index is 0.322. The van der Waals surface area contributed by atoms with Crippen LogP contribution in [0.3, 0.4) is 0 Å². The average molecular weight is 551 g/mol. The highest BCUT2D eigenvalue weighted by Crippen LogP contribution is 2.36. The van der Waals surface area contributed by atoms with Crippen LogP contribution in [-0.4, -0.2) is 34.6 Å². The molecule has 3 aliphatic rings. The first-order valence-corrected chi connectivity index (χ1v) is 14.0. The van der Waals surface area contributed by atoms with Gasteiger partial charge in [-0.1, -0.05) is 60.7 Å². The molecule has 0 radical (unpaired) electrons. The minimum atomic E-state index is -0.481. The van der Waals surface area contributed by atoms with Gasteiger partial charge in [0.25, 0.3) is 0 Å². The fraction of sp³-hybridized carbons (Fsp3) is 0.0625. The predicted octanol–water partition coefficient (Wildman–Crippen LogP) is 4.23. The fourth-order valence-corrected chi connectivity index (χ4v) is 5.41. The summed E-state index contributed by atoms with van der Waals surface area (Å²) in [5.41, 5.74) is 5.84. The van der Waals surface area contributed by atoms with Crippen molar-refractivity contribution in [3.05, 3.63) is 121 Å². The van der Waals surface area contributed by atoms with E-state index < -0.39 is 14.2 Å². The van der Waals surface area contributed by atoms with Gasteiger partial charge in [-0.2, -0.15) is 0 Å². The molecule has 0 aliphatic carbocycles. The summed E-state index contributed by atoms with van der Waals surface area (Å²) in [6, 6.07) is 40.2. The molecule has 0 aromatic heterocycles. The van der Waals surface area contributed by atoms with Crippen molar-refractivity contribution in [2.45, 2.75) is 0 Å². The Hall–Kier alpha value is -4.79. The second-order valence-corrected chi connectivity index (χ2v) is 10.2. The van der Waals surface area contributed by atoms with Gasteiger partial charge in [-0.3, -0.25) is 0 Å². The molecule has 5 aromatic rings. The molecule has 3 aliphatic heterocycles. The Kier molecular flexibility index (Phi) is 6.28. The molecule has 0 amide bonds. The highest BCUT2D eigenvalue weighted by molar-refractivity contribution is 6.64. The van der Waals surface area contributed by atoms with E-state index in [-0.39, 0.29) is 7.12 Å². The summed E-state index contributed by atoms with van der Waals surface area (Å²) in [4.78, 5) is 2.20. The zero-order valence-corrected chi connectivity index (χ0v) is 22.6. The first-order chi connectivity index (χ1) is 20.8. The van der Waals surface area contributed by atoms with Gasteiger partial charge in [0.2, 0.25) is 0 Å². The normalized spacial score (nSPS) is 14.9. The Labute approximate surface area is 244 Å². The number of nitrogens with zero attached hydrogens (tertiary/aromatic N) is 1. The Morgan fingerprint density at radius 2 is 0.690 bits per heavy atom. The third kappa shape index (κ3) is 4.64. The molecule has 42 heavy (non-hydrogen) atoms. The van der Waals surface area contributed by atoms with Crippen molar-refractivity contribution in [2.75, 3.05) is 18.1 Å². The summed E-state index contributed by atoms with van der Waals surface area (Å²) in [6.07, 6.45) is 0. The third-order valence-electron chi connectivity index (χ3n) is 7.53. The number of anilines is 3. The van der Waals surface area contributed by atoms with Gasteiger partial charge >= 0.3 is 21.4 Å². The van der Waals surface area contributed by atoms with Crippen molar-refractivity contribution in [3.8, 4) is 23.0 Å². The molecule has 5 aromatic carbocycles. The maximum atomic E-state index is 6.03. The molecule has 1 saturated heterocycles. The summed E-state index contributed by atoms with van der Waals surface area (Å²) < 4.78 is 35.5. The zero-order chi connectivity index (χ0) is 27.9. The van der Waals surface area contributed by atoms with Crippen molar-refractivity contribution in [1.82, 2.24) is 0 Å². The van der Waals surface area contributed by atoms with Crippen LogP contribution in [0.5, 0.6) is 23.0 Å². The molecule has 0 atom stereocenters. The molecule has 0 saturated carbocycles. The van der Waals surface area contributed by atoms with Crippen LogP contribution < -0.4 is 39.9 Å². The van der Waals surface area contributed by atoms with Crippen LogP contribution in [0.15, 0.2) is 121 Å². The van der Waals surface area contributed by atoms with Gasteiger partial charge in [-0.15, -0.1) is 0 Å². The van der Waals surface area contributed by atoms with Gasteiger partial charge in [0.1, 0.15) is 23.0 Å². The second kappa shape index (κ2) is 10.6. The average Bonchev–Trinajstić information content (AvgIpc) is 3.82. The summed E-state index contributed by atoms with van der Waals surface area (Å²) >= 11 is 0. The van der Waals surface area contributed by atoms with E-state index in [2.05, 4.69) is 53.4 Å². The van der Waals surface area contributed by atoms with E-state index >= 15 is 0 Å². The molecule has 1 fully saturated rings. The van der Waals surface area contributed by atoms with Crippen LogP contribution in [0.25, 0.3) is 0 Å². The van der Waals surface area contributed by atoms with Crippen LogP contribution in [0.1, 0.15) is 0 Å². The lowest BCUT2D eigenvalue weighted by Gasteiger charge is -2.26. The lowest BCUT2D eigenvalue weighted by Crippen LogP contribution is -2.39. The van der Waals surface area contributed by atoms with E-state index in [1.807, 2.05) is 72.8 Å². The standard InChI is InChI=1S/C32H24B3NO6/c1-2-6-30-29(5-1)39-34(40-30)24-11-17-27(18-12-24)36(26-15-9-23(10-16-26)33-37-21-22-38-33)28-19-13-25(14-20-28)35-41-31-7-3-4-8-32(31)42-35/h1-20H,21-22H2. The molecule has 8 rings (SSSR count). The SMILES string of the molecule is c1ccc2c(c1)OB(c1ccc(N(c3ccc(B4OCCO4)cc3)c3ccc(B4Oc5ccccc5O4)cc3)cc1)O2. The van der Waals surface area contributed by atoms with Gasteiger partial charge in [0.15, 0.2) is 0 Å². The zero-order valence-electron chi connectivity index (χ0n) is 22.6. The van der Waals surface area contributed by atoms with E-state index in [0.29, 0.717) is 13.2 Å². The molecule has 7 nitrogen and oxygen atoms in total. The topological polar surface area (TPSA) is 58.6 Å². The first-order valence-electron chi connectivity index (χ1n) is 14.0. The largest absolute Gasteiger partial charge is 0.632 e. The van der Waals surface area contributed by atoms with Crippen LogP contribution in [0.4, 0.5) is 17.1 Å². The van der Waals surface area contributed by atoms with Gasteiger partial charge in [-0.25, -0.2) is 0 Å². The molecule has 0 spiro atoms. The number of benzene rings is 5. The number of hydrogen-bond donors (Lipinski definition) is 0. The van der Waals surface area contributed by atoms with Crippen molar-refractivity contribution in [3.63, 3.8) is 0 Å². The van der Waals surface area contributed by atoms with E-state index in [1.165, 1.54) is 0 Å². The van der Waals surface area contributed by atoms with Gasteiger partial charge in [0, 0.05) is 28.0 Å². The molecule has 202 valence electrons. The number of fused-ring (bicyclic) bond motifs is 2. The van der Waals surface area contributed by atoms with Crippen molar-refractivity contribution < 1.29 is 27.9 Å². The van der Waals surface area contributed by atoms with Crippen LogP contribution in [0.2, 0.25) is 0 Å². The highest BCUT2D eigenvalue weighted by atomic mass is 16.6. The van der Waals surface area contributed by atoms with Crippen molar-refractivity contribution in [1.29, 1.82) is 0 Å². The minimum Gasteiger partial charge on any atom is -0.519 e. The van der Waals surface area contributed by atoms with Crippen LogP contribution in [-0.2, 0) is 9.31 Å². The molecule has 0 N–H and O–H groups in total. The van der Waals surface area contributed by atoms with Crippen molar-refractivity contribution in [2.24, 2.45) is 0 Å². The summed E-state index contributed by atoms with van der Waals surface area (Å²) in [5.74, 6) is 3.01. The Bertz CT molecular complexity index is 1560. The molecular weight excluding hydrogens is 527 g/mol. The molecule has 0 bridgehead atoms. The Balaban J connectivity index is 1.09. The Morgan fingerprint density at radius 3 is 1.02 bits per heavy atom. The molecular formula is C32H24B3NO6. The summed E-state index contributed by atoms with van der Waals surface area (Å²) in [5, 5.41) is 0. The van der Waals surface area contributed by atoms with E-state index in [1.54, 1.807) is 0 Å².